The van der Waals surface area contributed by atoms with E-state index in [0.717, 1.165) is 28.7 Å². The van der Waals surface area contributed by atoms with E-state index < -0.39 is 0 Å². The number of rotatable bonds is 4. The van der Waals surface area contributed by atoms with Crippen molar-refractivity contribution < 1.29 is 0 Å². The van der Waals surface area contributed by atoms with Gasteiger partial charge in [-0.05, 0) is 35.9 Å². The minimum Gasteiger partial charge on any atom is -0.353 e. The molecular weight excluding hydrogens is 350 g/mol. The summed E-state index contributed by atoms with van der Waals surface area (Å²) in [7, 11) is 1.56. The van der Waals surface area contributed by atoms with Gasteiger partial charge >= 0.3 is 0 Å². The molecule has 0 bridgehead atoms. The van der Waals surface area contributed by atoms with Crippen LogP contribution in [-0.4, -0.2) is 19.3 Å². The van der Waals surface area contributed by atoms with Crippen LogP contribution in [0.1, 0.15) is 5.56 Å². The van der Waals surface area contributed by atoms with Gasteiger partial charge in [0, 0.05) is 48.8 Å². The molecule has 1 N–H and O–H groups in total. The predicted octanol–water partition coefficient (Wildman–Crippen LogP) is 3.58. The molecule has 7 heteroatoms. The first kappa shape index (κ1) is 16.4. The second-order valence-corrected chi connectivity index (χ2v) is 6.38. The molecule has 0 saturated heterocycles. The summed E-state index contributed by atoms with van der Waals surface area (Å²) in [5, 5.41) is 8.37. The molecule has 0 aliphatic carbocycles. The Morgan fingerprint density at radius 2 is 2.08 bits per heavy atom. The highest BCUT2D eigenvalue weighted by molar-refractivity contribution is 6.33. The molecule has 4 rings (SSSR count). The lowest BCUT2D eigenvalue weighted by Gasteiger charge is -2.10. The summed E-state index contributed by atoms with van der Waals surface area (Å²) in [6, 6.07) is 12.1. The maximum absolute atomic E-state index is 11.9. The molecule has 0 radical (unpaired) electrons. The number of benzene rings is 1. The number of pyridine rings is 1. The molecule has 0 spiro atoms. The molecule has 0 atom stereocenters. The summed E-state index contributed by atoms with van der Waals surface area (Å²) in [6.07, 6.45) is 7.23. The van der Waals surface area contributed by atoms with E-state index in [-0.39, 0.29) is 10.6 Å². The molecule has 3 aromatic heterocycles. The van der Waals surface area contributed by atoms with E-state index >= 15 is 0 Å². The molecule has 4 aromatic rings. The summed E-state index contributed by atoms with van der Waals surface area (Å²) in [6.45, 7) is 0.759. The summed E-state index contributed by atoms with van der Waals surface area (Å²) in [5.41, 5.74) is 3.26. The van der Waals surface area contributed by atoms with Crippen LogP contribution in [0.4, 0.5) is 11.4 Å². The van der Waals surface area contributed by atoms with E-state index in [1.54, 1.807) is 19.4 Å². The Morgan fingerprint density at radius 3 is 2.88 bits per heavy atom. The van der Waals surface area contributed by atoms with Crippen LogP contribution in [0.25, 0.3) is 10.9 Å². The Morgan fingerprint density at radius 1 is 1.19 bits per heavy atom. The van der Waals surface area contributed by atoms with E-state index in [1.807, 2.05) is 36.7 Å². The van der Waals surface area contributed by atoms with Crippen molar-refractivity contribution in [3.8, 4) is 0 Å². The monoisotopic (exact) mass is 365 g/mol. The number of nitrogens with one attached hydrogen (secondary N) is 1. The lowest BCUT2D eigenvalue weighted by atomic mass is 10.2. The fraction of sp³-hybridized carbons (Fsp3) is 0.105. The summed E-state index contributed by atoms with van der Waals surface area (Å²) in [4.78, 5) is 16.0. The van der Waals surface area contributed by atoms with Crippen LogP contribution in [0, 0.1) is 0 Å². The highest BCUT2D eigenvalue weighted by Gasteiger charge is 2.09. The molecule has 0 aliphatic rings. The SMILES string of the molecule is Cn1ncc(Nc2ccc3c(ccn3Cc3cccnc3)c2)c(Cl)c1=O. The van der Waals surface area contributed by atoms with Crippen LogP contribution in [0.15, 0.2) is 66.0 Å². The third-order valence-electron chi connectivity index (χ3n) is 4.20. The van der Waals surface area contributed by atoms with Crippen molar-refractivity contribution in [2.45, 2.75) is 6.54 Å². The number of aromatic nitrogens is 4. The Balaban J connectivity index is 1.63. The number of hydrogen-bond acceptors (Lipinski definition) is 4. The quantitative estimate of drug-likeness (QED) is 0.600. The van der Waals surface area contributed by atoms with Gasteiger partial charge in [-0.2, -0.15) is 5.10 Å². The van der Waals surface area contributed by atoms with Gasteiger partial charge in [-0.3, -0.25) is 9.78 Å². The molecular formula is C19H16ClN5O. The molecule has 3 heterocycles. The lowest BCUT2D eigenvalue weighted by molar-refractivity contribution is 0.709. The molecule has 6 nitrogen and oxygen atoms in total. The van der Waals surface area contributed by atoms with Gasteiger partial charge in [0.05, 0.1) is 11.9 Å². The van der Waals surface area contributed by atoms with Crippen LogP contribution in [-0.2, 0) is 13.6 Å². The Hall–Kier alpha value is -3.12. The van der Waals surface area contributed by atoms with E-state index in [4.69, 9.17) is 11.6 Å². The highest BCUT2D eigenvalue weighted by Crippen LogP contribution is 2.25. The molecule has 0 fully saturated rings. The Bertz CT molecular complexity index is 1130. The second kappa shape index (κ2) is 6.65. The summed E-state index contributed by atoms with van der Waals surface area (Å²) < 4.78 is 3.37. The van der Waals surface area contributed by atoms with Crippen LogP contribution in [0.5, 0.6) is 0 Å². The number of anilines is 2. The second-order valence-electron chi connectivity index (χ2n) is 6.00. The normalized spacial score (nSPS) is 11.0. The maximum atomic E-state index is 11.9. The number of halogens is 1. The fourth-order valence-corrected chi connectivity index (χ4v) is 3.08. The minimum absolute atomic E-state index is 0.122. The molecule has 0 saturated carbocycles. The zero-order valence-electron chi connectivity index (χ0n) is 14.1. The highest BCUT2D eigenvalue weighted by atomic mass is 35.5. The van der Waals surface area contributed by atoms with Crippen LogP contribution < -0.4 is 10.9 Å². The molecule has 1 aromatic carbocycles. The van der Waals surface area contributed by atoms with E-state index in [2.05, 4.69) is 32.1 Å². The molecule has 0 amide bonds. The smallest absolute Gasteiger partial charge is 0.287 e. The largest absolute Gasteiger partial charge is 0.353 e. The van der Waals surface area contributed by atoms with Crippen molar-refractivity contribution in [3.05, 3.63) is 82.1 Å². The molecule has 0 aliphatic heterocycles. The number of aryl methyl sites for hydroxylation is 1. The first-order valence-corrected chi connectivity index (χ1v) is 8.46. The van der Waals surface area contributed by atoms with E-state index in [1.165, 1.54) is 4.68 Å². The van der Waals surface area contributed by atoms with Crippen molar-refractivity contribution in [2.24, 2.45) is 7.05 Å². The Kier molecular flexibility index (Phi) is 4.18. The average molecular weight is 366 g/mol. The van der Waals surface area contributed by atoms with Gasteiger partial charge in [-0.1, -0.05) is 17.7 Å². The average Bonchev–Trinajstić information content (AvgIpc) is 3.05. The third kappa shape index (κ3) is 3.07. The van der Waals surface area contributed by atoms with Crippen LogP contribution in [0.3, 0.4) is 0 Å². The van der Waals surface area contributed by atoms with Gasteiger partial charge in [0.15, 0.2) is 0 Å². The van der Waals surface area contributed by atoms with Crippen molar-refractivity contribution >= 4 is 33.9 Å². The maximum Gasteiger partial charge on any atom is 0.287 e. The van der Waals surface area contributed by atoms with E-state index in [0.29, 0.717) is 5.69 Å². The van der Waals surface area contributed by atoms with Crippen molar-refractivity contribution in [2.75, 3.05) is 5.32 Å². The van der Waals surface area contributed by atoms with Gasteiger partial charge in [-0.15, -0.1) is 0 Å². The first-order chi connectivity index (χ1) is 12.6. The number of fused-ring (bicyclic) bond motifs is 1. The zero-order valence-corrected chi connectivity index (χ0v) is 14.8. The van der Waals surface area contributed by atoms with Crippen LogP contribution in [0.2, 0.25) is 5.02 Å². The van der Waals surface area contributed by atoms with Gasteiger partial charge in [0.25, 0.3) is 5.56 Å². The number of nitrogens with zero attached hydrogens (tertiary/aromatic N) is 4. The van der Waals surface area contributed by atoms with Gasteiger partial charge in [0.1, 0.15) is 5.02 Å². The van der Waals surface area contributed by atoms with Crippen LogP contribution >= 0.6 is 11.6 Å². The lowest BCUT2D eigenvalue weighted by Crippen LogP contribution is -2.20. The Labute approximate surface area is 154 Å². The van der Waals surface area contributed by atoms with Gasteiger partial charge in [-0.25, -0.2) is 4.68 Å². The topological polar surface area (TPSA) is 64.7 Å². The molecule has 0 unspecified atom stereocenters. The molecule has 26 heavy (non-hydrogen) atoms. The standard InChI is InChI=1S/C19H16ClN5O/c1-24-19(26)18(20)16(11-22-24)23-15-4-5-17-14(9-15)6-8-25(17)12-13-3-2-7-21-10-13/h2-11,23H,12H2,1H3. The number of hydrogen-bond donors (Lipinski definition) is 1. The van der Waals surface area contributed by atoms with Crippen molar-refractivity contribution in [3.63, 3.8) is 0 Å². The summed E-state index contributed by atoms with van der Waals surface area (Å²) >= 11 is 6.12. The minimum atomic E-state index is -0.333. The van der Waals surface area contributed by atoms with Crippen molar-refractivity contribution in [1.29, 1.82) is 0 Å². The van der Waals surface area contributed by atoms with Crippen molar-refractivity contribution in [1.82, 2.24) is 19.3 Å². The fourth-order valence-electron chi connectivity index (χ4n) is 2.86. The molecule has 130 valence electrons. The summed E-state index contributed by atoms with van der Waals surface area (Å²) in [5.74, 6) is 0. The predicted molar refractivity (Wildman–Crippen MR) is 103 cm³/mol. The van der Waals surface area contributed by atoms with Gasteiger partial charge < -0.3 is 9.88 Å². The third-order valence-corrected chi connectivity index (χ3v) is 4.57. The van der Waals surface area contributed by atoms with Gasteiger partial charge in [0.2, 0.25) is 0 Å². The first-order valence-electron chi connectivity index (χ1n) is 8.08. The van der Waals surface area contributed by atoms with E-state index in [9.17, 15) is 4.79 Å². The zero-order chi connectivity index (χ0) is 18.1.